The van der Waals surface area contributed by atoms with Gasteiger partial charge in [0.25, 0.3) is 0 Å². The quantitative estimate of drug-likeness (QED) is 0.640. The SMILES string of the molecule is CCCC(C)C(N)C1=CCCC1. The first-order valence-electron chi connectivity index (χ1n) is 5.20. The van der Waals surface area contributed by atoms with Crippen LogP contribution in [0.4, 0.5) is 0 Å². The van der Waals surface area contributed by atoms with Gasteiger partial charge in [0.2, 0.25) is 0 Å². The van der Waals surface area contributed by atoms with E-state index < -0.39 is 0 Å². The van der Waals surface area contributed by atoms with E-state index in [2.05, 4.69) is 19.9 Å². The van der Waals surface area contributed by atoms with Crippen LogP contribution in [0.25, 0.3) is 0 Å². The van der Waals surface area contributed by atoms with Crippen LogP contribution in [-0.4, -0.2) is 6.04 Å². The van der Waals surface area contributed by atoms with Gasteiger partial charge < -0.3 is 5.73 Å². The average molecular weight is 167 g/mol. The van der Waals surface area contributed by atoms with E-state index >= 15 is 0 Å². The van der Waals surface area contributed by atoms with Gasteiger partial charge in [0.1, 0.15) is 0 Å². The van der Waals surface area contributed by atoms with E-state index in [9.17, 15) is 0 Å². The minimum absolute atomic E-state index is 0.340. The molecule has 70 valence electrons. The van der Waals surface area contributed by atoms with Crippen LogP contribution in [0.1, 0.15) is 46.0 Å². The van der Waals surface area contributed by atoms with Gasteiger partial charge in [-0.1, -0.05) is 31.9 Å². The predicted octanol–water partition coefficient (Wildman–Crippen LogP) is 2.86. The maximum Gasteiger partial charge on any atom is 0.0279 e. The Morgan fingerprint density at radius 2 is 2.33 bits per heavy atom. The largest absolute Gasteiger partial charge is 0.324 e. The van der Waals surface area contributed by atoms with Gasteiger partial charge in [-0.05, 0) is 31.6 Å². The number of allylic oxidation sites excluding steroid dienone is 1. The zero-order valence-electron chi connectivity index (χ0n) is 8.34. The summed E-state index contributed by atoms with van der Waals surface area (Å²) in [5.41, 5.74) is 7.65. The van der Waals surface area contributed by atoms with E-state index in [4.69, 9.17) is 5.73 Å². The third kappa shape index (κ3) is 2.34. The first kappa shape index (κ1) is 9.79. The lowest BCUT2D eigenvalue weighted by Gasteiger charge is -2.20. The molecule has 0 radical (unpaired) electrons. The second-order valence-corrected chi connectivity index (χ2v) is 3.96. The molecule has 2 N–H and O–H groups in total. The van der Waals surface area contributed by atoms with E-state index in [0.29, 0.717) is 12.0 Å². The molecule has 1 nitrogen and oxygen atoms in total. The molecule has 0 aromatic heterocycles. The molecule has 0 bridgehead atoms. The maximum atomic E-state index is 6.14. The molecule has 0 amide bonds. The fourth-order valence-electron chi connectivity index (χ4n) is 2.00. The molecule has 0 aliphatic heterocycles. The molecular formula is C11H21N. The van der Waals surface area contributed by atoms with Crippen LogP contribution in [0.3, 0.4) is 0 Å². The highest BCUT2D eigenvalue weighted by atomic mass is 14.7. The second-order valence-electron chi connectivity index (χ2n) is 3.96. The van der Waals surface area contributed by atoms with Gasteiger partial charge in [-0.2, -0.15) is 0 Å². The molecule has 1 rings (SSSR count). The molecule has 0 aromatic carbocycles. The summed E-state index contributed by atoms with van der Waals surface area (Å²) in [4.78, 5) is 0. The number of rotatable bonds is 4. The fourth-order valence-corrected chi connectivity index (χ4v) is 2.00. The van der Waals surface area contributed by atoms with Crippen molar-refractivity contribution >= 4 is 0 Å². The summed E-state index contributed by atoms with van der Waals surface area (Å²) in [7, 11) is 0. The van der Waals surface area contributed by atoms with Crippen LogP contribution in [0.5, 0.6) is 0 Å². The first-order chi connectivity index (χ1) is 5.75. The van der Waals surface area contributed by atoms with Gasteiger partial charge in [-0.25, -0.2) is 0 Å². The van der Waals surface area contributed by atoms with Crippen molar-refractivity contribution in [1.29, 1.82) is 0 Å². The fraction of sp³-hybridized carbons (Fsp3) is 0.818. The molecular weight excluding hydrogens is 146 g/mol. The smallest absolute Gasteiger partial charge is 0.0279 e. The molecule has 1 aliphatic rings. The molecule has 0 heterocycles. The summed E-state index contributed by atoms with van der Waals surface area (Å²) in [6.07, 6.45) is 8.68. The molecule has 0 spiro atoms. The molecule has 0 fully saturated rings. The Labute approximate surface area is 76.0 Å². The molecule has 0 aromatic rings. The van der Waals surface area contributed by atoms with Crippen molar-refractivity contribution in [2.75, 3.05) is 0 Å². The first-order valence-corrected chi connectivity index (χ1v) is 5.20. The molecule has 1 heteroatoms. The molecule has 0 saturated heterocycles. The molecule has 12 heavy (non-hydrogen) atoms. The highest BCUT2D eigenvalue weighted by molar-refractivity contribution is 5.15. The van der Waals surface area contributed by atoms with E-state index in [1.165, 1.54) is 37.7 Å². The lowest BCUT2D eigenvalue weighted by Crippen LogP contribution is -2.29. The van der Waals surface area contributed by atoms with Gasteiger partial charge >= 0.3 is 0 Å². The van der Waals surface area contributed by atoms with E-state index in [0.717, 1.165) is 0 Å². The minimum Gasteiger partial charge on any atom is -0.324 e. The van der Waals surface area contributed by atoms with E-state index in [1.807, 2.05) is 0 Å². The zero-order chi connectivity index (χ0) is 8.97. The van der Waals surface area contributed by atoms with Gasteiger partial charge in [0, 0.05) is 6.04 Å². The predicted molar refractivity (Wildman–Crippen MR) is 54.0 cm³/mol. The summed E-state index contributed by atoms with van der Waals surface area (Å²) in [5, 5.41) is 0. The summed E-state index contributed by atoms with van der Waals surface area (Å²) < 4.78 is 0. The maximum absolute atomic E-state index is 6.14. The van der Waals surface area contributed by atoms with Crippen LogP contribution in [0, 0.1) is 5.92 Å². The summed E-state index contributed by atoms with van der Waals surface area (Å²) in [6, 6.07) is 0.340. The Bertz CT molecular complexity index is 160. The molecule has 1 aliphatic carbocycles. The van der Waals surface area contributed by atoms with Gasteiger partial charge in [0.05, 0.1) is 0 Å². The minimum atomic E-state index is 0.340. The molecule has 2 atom stereocenters. The number of nitrogens with two attached hydrogens (primary N) is 1. The third-order valence-electron chi connectivity index (χ3n) is 2.86. The summed E-state index contributed by atoms with van der Waals surface area (Å²) in [6.45, 7) is 4.50. The Morgan fingerprint density at radius 1 is 1.58 bits per heavy atom. The Hall–Kier alpha value is -0.300. The summed E-state index contributed by atoms with van der Waals surface area (Å²) >= 11 is 0. The van der Waals surface area contributed by atoms with Crippen molar-refractivity contribution in [2.45, 2.75) is 52.0 Å². The van der Waals surface area contributed by atoms with Crippen LogP contribution < -0.4 is 5.73 Å². The Morgan fingerprint density at radius 3 is 2.83 bits per heavy atom. The van der Waals surface area contributed by atoms with Crippen LogP contribution in [-0.2, 0) is 0 Å². The van der Waals surface area contributed by atoms with Crippen LogP contribution in [0.2, 0.25) is 0 Å². The van der Waals surface area contributed by atoms with Crippen molar-refractivity contribution in [3.63, 3.8) is 0 Å². The van der Waals surface area contributed by atoms with Crippen LogP contribution in [0.15, 0.2) is 11.6 Å². The Kier molecular flexibility index (Phi) is 3.80. The van der Waals surface area contributed by atoms with Crippen molar-refractivity contribution in [3.8, 4) is 0 Å². The number of hydrogen-bond acceptors (Lipinski definition) is 1. The van der Waals surface area contributed by atoms with Gasteiger partial charge in [-0.3, -0.25) is 0 Å². The average Bonchev–Trinajstić information content (AvgIpc) is 2.55. The van der Waals surface area contributed by atoms with Crippen molar-refractivity contribution in [2.24, 2.45) is 11.7 Å². The lowest BCUT2D eigenvalue weighted by molar-refractivity contribution is 0.455. The van der Waals surface area contributed by atoms with Crippen molar-refractivity contribution in [1.82, 2.24) is 0 Å². The normalized spacial score (nSPS) is 22.1. The van der Waals surface area contributed by atoms with Gasteiger partial charge in [-0.15, -0.1) is 0 Å². The van der Waals surface area contributed by atoms with E-state index in [1.54, 1.807) is 0 Å². The lowest BCUT2D eigenvalue weighted by atomic mass is 9.91. The van der Waals surface area contributed by atoms with E-state index in [-0.39, 0.29) is 0 Å². The van der Waals surface area contributed by atoms with Crippen LogP contribution >= 0.6 is 0 Å². The highest BCUT2D eigenvalue weighted by Gasteiger charge is 2.18. The van der Waals surface area contributed by atoms with Crippen molar-refractivity contribution in [3.05, 3.63) is 11.6 Å². The summed E-state index contributed by atoms with van der Waals surface area (Å²) in [5.74, 6) is 0.666. The topological polar surface area (TPSA) is 26.0 Å². The third-order valence-corrected chi connectivity index (χ3v) is 2.86. The number of hydrogen-bond donors (Lipinski definition) is 1. The molecule has 0 saturated carbocycles. The standard InChI is InChI=1S/C11H21N/c1-3-6-9(2)11(12)10-7-4-5-8-10/h7,9,11H,3-6,8,12H2,1-2H3. The van der Waals surface area contributed by atoms with Gasteiger partial charge in [0.15, 0.2) is 0 Å². The Balaban J connectivity index is 2.39. The molecule has 2 unspecified atom stereocenters. The zero-order valence-corrected chi connectivity index (χ0v) is 8.34. The van der Waals surface area contributed by atoms with Crippen molar-refractivity contribution < 1.29 is 0 Å². The monoisotopic (exact) mass is 167 g/mol. The highest BCUT2D eigenvalue weighted by Crippen LogP contribution is 2.25. The second kappa shape index (κ2) is 4.66.